The van der Waals surface area contributed by atoms with Crippen LogP contribution in [-0.2, 0) is 0 Å². The molecular formula is C15H15F2N. The largest absolute Gasteiger partial charge is 0.320 e. The van der Waals surface area contributed by atoms with Gasteiger partial charge in [-0.25, -0.2) is 8.78 Å². The Balaban J connectivity index is 2.46. The summed E-state index contributed by atoms with van der Waals surface area (Å²) in [6, 6.07) is 9.35. The highest BCUT2D eigenvalue weighted by Crippen LogP contribution is 2.25. The first-order valence-corrected chi connectivity index (χ1v) is 5.76. The second kappa shape index (κ2) is 4.86. The molecule has 0 saturated carbocycles. The summed E-state index contributed by atoms with van der Waals surface area (Å²) < 4.78 is 27.0. The SMILES string of the molecule is Cc1cccc(C(N)c2cc(C)c(F)cc2F)c1. The van der Waals surface area contributed by atoms with Crippen molar-refractivity contribution in [3.05, 3.63) is 70.3 Å². The highest BCUT2D eigenvalue weighted by molar-refractivity contribution is 5.36. The number of hydrogen-bond acceptors (Lipinski definition) is 1. The van der Waals surface area contributed by atoms with E-state index < -0.39 is 17.7 Å². The lowest BCUT2D eigenvalue weighted by Crippen LogP contribution is -2.14. The van der Waals surface area contributed by atoms with E-state index in [9.17, 15) is 8.78 Å². The van der Waals surface area contributed by atoms with Crippen LogP contribution in [0.4, 0.5) is 8.78 Å². The van der Waals surface area contributed by atoms with Crippen LogP contribution in [0.15, 0.2) is 36.4 Å². The first-order valence-electron chi connectivity index (χ1n) is 5.76. The van der Waals surface area contributed by atoms with Crippen molar-refractivity contribution >= 4 is 0 Å². The van der Waals surface area contributed by atoms with E-state index in [-0.39, 0.29) is 0 Å². The van der Waals surface area contributed by atoms with E-state index in [2.05, 4.69) is 0 Å². The van der Waals surface area contributed by atoms with E-state index in [1.807, 2.05) is 31.2 Å². The van der Waals surface area contributed by atoms with Crippen molar-refractivity contribution < 1.29 is 8.78 Å². The fourth-order valence-electron chi connectivity index (χ4n) is 1.96. The van der Waals surface area contributed by atoms with Crippen LogP contribution in [0.25, 0.3) is 0 Å². The van der Waals surface area contributed by atoms with Gasteiger partial charge in [0.1, 0.15) is 11.6 Å². The summed E-state index contributed by atoms with van der Waals surface area (Å²) in [4.78, 5) is 0. The molecule has 1 unspecified atom stereocenters. The summed E-state index contributed by atoms with van der Waals surface area (Å²) >= 11 is 0. The second-order valence-corrected chi connectivity index (χ2v) is 4.51. The second-order valence-electron chi connectivity index (χ2n) is 4.51. The lowest BCUT2D eigenvalue weighted by Gasteiger charge is -2.15. The van der Waals surface area contributed by atoms with Crippen LogP contribution in [0, 0.1) is 25.5 Å². The zero-order chi connectivity index (χ0) is 13.3. The summed E-state index contributed by atoms with van der Waals surface area (Å²) in [5.41, 5.74) is 8.64. The van der Waals surface area contributed by atoms with Crippen molar-refractivity contribution in [2.45, 2.75) is 19.9 Å². The zero-order valence-corrected chi connectivity index (χ0v) is 10.4. The smallest absolute Gasteiger partial charge is 0.131 e. The third kappa shape index (κ3) is 2.41. The monoisotopic (exact) mass is 247 g/mol. The molecule has 2 aromatic carbocycles. The van der Waals surface area contributed by atoms with E-state index in [1.165, 1.54) is 6.07 Å². The van der Waals surface area contributed by atoms with Gasteiger partial charge in [-0.1, -0.05) is 29.8 Å². The molecule has 0 spiro atoms. The summed E-state index contributed by atoms with van der Waals surface area (Å²) in [5.74, 6) is -1.15. The van der Waals surface area contributed by atoms with Gasteiger partial charge in [-0.05, 0) is 31.0 Å². The summed E-state index contributed by atoms with van der Waals surface area (Å²) in [5, 5.41) is 0. The predicted octanol–water partition coefficient (Wildman–Crippen LogP) is 3.63. The molecule has 0 fully saturated rings. The maximum atomic E-state index is 13.7. The van der Waals surface area contributed by atoms with E-state index >= 15 is 0 Å². The minimum Gasteiger partial charge on any atom is -0.320 e. The lowest BCUT2D eigenvalue weighted by molar-refractivity contribution is 0.561. The maximum absolute atomic E-state index is 13.7. The molecule has 0 saturated heterocycles. The summed E-state index contributed by atoms with van der Waals surface area (Å²) in [7, 11) is 0. The molecule has 18 heavy (non-hydrogen) atoms. The molecule has 1 atom stereocenters. The quantitative estimate of drug-likeness (QED) is 0.861. The Morgan fingerprint density at radius 3 is 2.39 bits per heavy atom. The van der Waals surface area contributed by atoms with Gasteiger partial charge in [0, 0.05) is 11.6 Å². The Morgan fingerprint density at radius 2 is 1.72 bits per heavy atom. The molecule has 0 aromatic heterocycles. The fourth-order valence-corrected chi connectivity index (χ4v) is 1.96. The number of aryl methyl sites for hydroxylation is 2. The van der Waals surface area contributed by atoms with E-state index in [4.69, 9.17) is 5.73 Å². The van der Waals surface area contributed by atoms with E-state index in [0.29, 0.717) is 11.1 Å². The van der Waals surface area contributed by atoms with Crippen LogP contribution < -0.4 is 5.73 Å². The van der Waals surface area contributed by atoms with Gasteiger partial charge in [-0.3, -0.25) is 0 Å². The molecule has 0 aliphatic carbocycles. The molecule has 0 heterocycles. The van der Waals surface area contributed by atoms with Gasteiger partial charge in [-0.15, -0.1) is 0 Å². The number of rotatable bonds is 2. The van der Waals surface area contributed by atoms with Crippen LogP contribution in [0.3, 0.4) is 0 Å². The van der Waals surface area contributed by atoms with Crippen molar-refractivity contribution in [3.8, 4) is 0 Å². The van der Waals surface area contributed by atoms with Gasteiger partial charge in [0.25, 0.3) is 0 Å². The van der Waals surface area contributed by atoms with E-state index in [0.717, 1.165) is 17.2 Å². The van der Waals surface area contributed by atoms with Crippen LogP contribution in [0.1, 0.15) is 28.3 Å². The Morgan fingerprint density at radius 1 is 1.00 bits per heavy atom. The molecular weight excluding hydrogens is 232 g/mol. The van der Waals surface area contributed by atoms with Crippen molar-refractivity contribution in [1.29, 1.82) is 0 Å². The minimum absolute atomic E-state index is 0.319. The lowest BCUT2D eigenvalue weighted by atomic mass is 9.96. The van der Waals surface area contributed by atoms with Crippen molar-refractivity contribution in [2.24, 2.45) is 5.73 Å². The molecule has 0 bridgehead atoms. The minimum atomic E-state index is -0.605. The van der Waals surface area contributed by atoms with Gasteiger partial charge in [-0.2, -0.15) is 0 Å². The molecule has 0 aliphatic heterocycles. The van der Waals surface area contributed by atoms with Gasteiger partial charge in [0.2, 0.25) is 0 Å². The third-order valence-corrected chi connectivity index (χ3v) is 3.01. The van der Waals surface area contributed by atoms with Crippen molar-refractivity contribution in [1.82, 2.24) is 0 Å². The molecule has 0 aliphatic rings. The Hall–Kier alpha value is -1.74. The number of benzene rings is 2. The highest BCUT2D eigenvalue weighted by Gasteiger charge is 2.15. The van der Waals surface area contributed by atoms with Gasteiger partial charge >= 0.3 is 0 Å². The average molecular weight is 247 g/mol. The molecule has 94 valence electrons. The van der Waals surface area contributed by atoms with Crippen LogP contribution in [0.2, 0.25) is 0 Å². The molecule has 3 heteroatoms. The Labute approximate surface area is 105 Å². The van der Waals surface area contributed by atoms with Crippen LogP contribution >= 0.6 is 0 Å². The first kappa shape index (κ1) is 12.7. The molecule has 0 radical (unpaired) electrons. The van der Waals surface area contributed by atoms with Crippen molar-refractivity contribution in [2.75, 3.05) is 0 Å². The van der Waals surface area contributed by atoms with Crippen molar-refractivity contribution in [3.63, 3.8) is 0 Å². The first-order chi connectivity index (χ1) is 8.49. The number of halogens is 2. The number of hydrogen-bond donors (Lipinski definition) is 1. The van der Waals surface area contributed by atoms with Crippen LogP contribution in [0.5, 0.6) is 0 Å². The molecule has 1 nitrogen and oxygen atoms in total. The van der Waals surface area contributed by atoms with Gasteiger partial charge in [0.15, 0.2) is 0 Å². The van der Waals surface area contributed by atoms with Gasteiger partial charge < -0.3 is 5.73 Å². The zero-order valence-electron chi connectivity index (χ0n) is 10.4. The fraction of sp³-hybridized carbons (Fsp3) is 0.200. The Kier molecular flexibility index (Phi) is 3.43. The van der Waals surface area contributed by atoms with Gasteiger partial charge in [0.05, 0.1) is 6.04 Å². The standard InChI is InChI=1S/C15H15F2N/c1-9-4-3-5-11(6-9)15(18)12-7-10(2)13(16)8-14(12)17/h3-8,15H,18H2,1-2H3. The number of nitrogens with two attached hydrogens (primary N) is 1. The maximum Gasteiger partial charge on any atom is 0.131 e. The normalized spacial score (nSPS) is 12.5. The molecule has 2 aromatic rings. The summed E-state index contributed by atoms with van der Waals surface area (Å²) in [6.45, 7) is 3.55. The predicted molar refractivity (Wildman–Crippen MR) is 68.3 cm³/mol. The summed E-state index contributed by atoms with van der Waals surface area (Å²) in [6.07, 6.45) is 0. The molecule has 2 rings (SSSR count). The Bertz CT molecular complexity index is 579. The average Bonchev–Trinajstić information content (AvgIpc) is 2.33. The topological polar surface area (TPSA) is 26.0 Å². The van der Waals surface area contributed by atoms with E-state index in [1.54, 1.807) is 6.92 Å². The van der Waals surface area contributed by atoms with Crippen LogP contribution in [-0.4, -0.2) is 0 Å². The third-order valence-electron chi connectivity index (χ3n) is 3.01. The molecule has 2 N–H and O–H groups in total. The molecule has 0 amide bonds. The highest BCUT2D eigenvalue weighted by atomic mass is 19.1.